The van der Waals surface area contributed by atoms with E-state index in [1.165, 1.54) is 11.1 Å². The molecule has 5 nitrogen and oxygen atoms in total. The number of nitrogens with one attached hydrogen (secondary N) is 1. The average Bonchev–Trinajstić information content (AvgIpc) is 2.83. The van der Waals surface area contributed by atoms with Gasteiger partial charge < -0.3 is 9.84 Å². The summed E-state index contributed by atoms with van der Waals surface area (Å²) in [5.41, 5.74) is 4.38. The van der Waals surface area contributed by atoms with Crippen LogP contribution in [0.1, 0.15) is 29.0 Å². The maximum atomic E-state index is 5.19. The van der Waals surface area contributed by atoms with Crippen LogP contribution in [0.5, 0.6) is 0 Å². The van der Waals surface area contributed by atoms with Gasteiger partial charge in [-0.15, -0.1) is 0 Å². The number of rotatable bonds is 5. The Bertz CT molecular complexity index is 775. The molecule has 0 bridgehead atoms. The topological polar surface area (TPSA) is 63.8 Å². The van der Waals surface area contributed by atoms with E-state index in [2.05, 4.69) is 39.5 Å². The summed E-state index contributed by atoms with van der Waals surface area (Å²) in [6.07, 6.45) is 3.56. The van der Waals surface area contributed by atoms with Gasteiger partial charge in [-0.3, -0.25) is 0 Å². The van der Waals surface area contributed by atoms with E-state index in [0.29, 0.717) is 0 Å². The molecular weight excluding hydrogens is 276 g/mol. The largest absolute Gasteiger partial charge is 0.369 e. The molecule has 2 heterocycles. The second-order valence-electron chi connectivity index (χ2n) is 5.58. The van der Waals surface area contributed by atoms with Crippen molar-refractivity contribution in [2.75, 3.05) is 11.9 Å². The van der Waals surface area contributed by atoms with E-state index in [1.54, 1.807) is 6.33 Å². The number of aromatic nitrogens is 3. The Morgan fingerprint density at radius 2 is 2.00 bits per heavy atom. The highest BCUT2D eigenvalue weighted by Gasteiger charge is 2.08. The minimum atomic E-state index is 0.851. The van der Waals surface area contributed by atoms with Gasteiger partial charge in [0.15, 0.2) is 0 Å². The summed E-state index contributed by atoms with van der Waals surface area (Å²) in [6, 6.07) is 6.21. The average molecular weight is 296 g/mol. The lowest BCUT2D eigenvalue weighted by molar-refractivity contribution is 0.392. The van der Waals surface area contributed by atoms with Crippen LogP contribution < -0.4 is 5.32 Å². The molecule has 0 aliphatic carbocycles. The minimum Gasteiger partial charge on any atom is -0.369 e. The summed E-state index contributed by atoms with van der Waals surface area (Å²) >= 11 is 0. The molecule has 0 aliphatic heterocycles. The quantitative estimate of drug-likeness (QED) is 0.729. The van der Waals surface area contributed by atoms with Crippen molar-refractivity contribution in [3.05, 3.63) is 47.1 Å². The van der Waals surface area contributed by atoms with E-state index in [0.717, 1.165) is 47.6 Å². The van der Waals surface area contributed by atoms with Crippen LogP contribution in [0.25, 0.3) is 10.9 Å². The summed E-state index contributed by atoms with van der Waals surface area (Å²) in [5, 5.41) is 8.47. The summed E-state index contributed by atoms with van der Waals surface area (Å²) in [7, 11) is 0. The number of fused-ring (bicyclic) bond motifs is 1. The number of benzene rings is 1. The number of aryl methyl sites for hydroxylation is 3. The third-order valence-electron chi connectivity index (χ3n) is 3.87. The van der Waals surface area contributed by atoms with Crippen LogP contribution in [0.3, 0.4) is 0 Å². The lowest BCUT2D eigenvalue weighted by atomic mass is 10.1. The highest BCUT2D eigenvalue weighted by atomic mass is 16.5. The zero-order valence-corrected chi connectivity index (χ0v) is 13.2. The molecule has 22 heavy (non-hydrogen) atoms. The molecule has 3 aromatic rings. The fourth-order valence-corrected chi connectivity index (χ4v) is 2.64. The van der Waals surface area contributed by atoms with E-state index in [9.17, 15) is 0 Å². The molecular formula is C17H20N4O. The highest BCUT2D eigenvalue weighted by molar-refractivity contribution is 5.89. The van der Waals surface area contributed by atoms with Gasteiger partial charge in [-0.1, -0.05) is 16.8 Å². The molecule has 0 saturated heterocycles. The highest BCUT2D eigenvalue weighted by Crippen LogP contribution is 2.20. The van der Waals surface area contributed by atoms with E-state index in [1.807, 2.05) is 19.9 Å². The Hall–Kier alpha value is -2.43. The first-order valence-corrected chi connectivity index (χ1v) is 7.52. The minimum absolute atomic E-state index is 0.851. The molecule has 0 aliphatic rings. The van der Waals surface area contributed by atoms with Crippen molar-refractivity contribution in [3.63, 3.8) is 0 Å². The number of hydrogen-bond donors (Lipinski definition) is 1. The summed E-state index contributed by atoms with van der Waals surface area (Å²) < 4.78 is 5.19. The third kappa shape index (κ3) is 2.93. The van der Waals surface area contributed by atoms with Crippen LogP contribution in [-0.4, -0.2) is 21.7 Å². The van der Waals surface area contributed by atoms with Gasteiger partial charge in [0.25, 0.3) is 0 Å². The van der Waals surface area contributed by atoms with Gasteiger partial charge in [0.1, 0.15) is 17.9 Å². The maximum Gasteiger partial charge on any atom is 0.137 e. The normalized spacial score (nSPS) is 11.0. The summed E-state index contributed by atoms with van der Waals surface area (Å²) in [5.74, 6) is 1.81. The fraction of sp³-hybridized carbons (Fsp3) is 0.353. The van der Waals surface area contributed by atoms with Crippen LogP contribution in [0.15, 0.2) is 29.0 Å². The lowest BCUT2D eigenvalue weighted by Crippen LogP contribution is -2.06. The Kier molecular flexibility index (Phi) is 4.04. The van der Waals surface area contributed by atoms with Gasteiger partial charge in [0.2, 0.25) is 0 Å². The van der Waals surface area contributed by atoms with Crippen molar-refractivity contribution in [1.82, 2.24) is 15.1 Å². The van der Waals surface area contributed by atoms with Gasteiger partial charge >= 0.3 is 0 Å². The van der Waals surface area contributed by atoms with Crippen molar-refractivity contribution in [2.24, 2.45) is 0 Å². The SMILES string of the molecule is Cc1ccc2ncnc(NCCCc3c(C)noc3C)c2c1. The van der Waals surface area contributed by atoms with Gasteiger partial charge in [-0.2, -0.15) is 0 Å². The zero-order valence-electron chi connectivity index (χ0n) is 13.2. The van der Waals surface area contributed by atoms with Crippen molar-refractivity contribution >= 4 is 16.7 Å². The first-order chi connectivity index (χ1) is 10.6. The molecule has 1 aromatic carbocycles. The van der Waals surface area contributed by atoms with Crippen molar-refractivity contribution in [1.29, 1.82) is 0 Å². The smallest absolute Gasteiger partial charge is 0.137 e. The second-order valence-corrected chi connectivity index (χ2v) is 5.58. The third-order valence-corrected chi connectivity index (χ3v) is 3.87. The molecule has 0 radical (unpaired) electrons. The van der Waals surface area contributed by atoms with Crippen LogP contribution >= 0.6 is 0 Å². The van der Waals surface area contributed by atoms with Crippen molar-refractivity contribution in [3.8, 4) is 0 Å². The zero-order chi connectivity index (χ0) is 15.5. The molecule has 2 aromatic heterocycles. The van der Waals surface area contributed by atoms with Crippen molar-refractivity contribution in [2.45, 2.75) is 33.6 Å². The van der Waals surface area contributed by atoms with Gasteiger partial charge in [0, 0.05) is 17.5 Å². The van der Waals surface area contributed by atoms with Crippen LogP contribution in [0.2, 0.25) is 0 Å². The lowest BCUT2D eigenvalue weighted by Gasteiger charge is -2.08. The maximum absolute atomic E-state index is 5.19. The van der Waals surface area contributed by atoms with Gasteiger partial charge in [-0.25, -0.2) is 9.97 Å². The molecule has 114 valence electrons. The second kappa shape index (κ2) is 6.13. The number of nitrogens with zero attached hydrogens (tertiary/aromatic N) is 3. The predicted molar refractivity (Wildman–Crippen MR) is 87.1 cm³/mol. The molecule has 0 atom stereocenters. The van der Waals surface area contributed by atoms with E-state index >= 15 is 0 Å². The molecule has 0 spiro atoms. The van der Waals surface area contributed by atoms with E-state index in [4.69, 9.17) is 4.52 Å². The summed E-state index contributed by atoms with van der Waals surface area (Å²) in [6.45, 7) is 6.88. The Balaban J connectivity index is 1.66. The number of hydrogen-bond acceptors (Lipinski definition) is 5. The number of anilines is 1. The van der Waals surface area contributed by atoms with Crippen LogP contribution in [0, 0.1) is 20.8 Å². The predicted octanol–water partition coefficient (Wildman–Crippen LogP) is 3.59. The van der Waals surface area contributed by atoms with E-state index < -0.39 is 0 Å². The molecule has 0 unspecified atom stereocenters. The molecule has 5 heteroatoms. The Morgan fingerprint density at radius 3 is 2.77 bits per heavy atom. The first kappa shape index (κ1) is 14.5. The molecule has 3 rings (SSSR count). The molecule has 0 fully saturated rings. The summed E-state index contributed by atoms with van der Waals surface area (Å²) in [4.78, 5) is 8.67. The van der Waals surface area contributed by atoms with E-state index in [-0.39, 0.29) is 0 Å². The van der Waals surface area contributed by atoms with Crippen molar-refractivity contribution < 1.29 is 4.52 Å². The van der Waals surface area contributed by atoms with Crippen LogP contribution in [0.4, 0.5) is 5.82 Å². The molecule has 1 N–H and O–H groups in total. The Morgan fingerprint density at radius 1 is 1.14 bits per heavy atom. The molecule has 0 saturated carbocycles. The molecule has 0 amide bonds. The van der Waals surface area contributed by atoms with Gasteiger partial charge in [-0.05, 0) is 45.7 Å². The van der Waals surface area contributed by atoms with Crippen LogP contribution in [-0.2, 0) is 6.42 Å². The standard InChI is InChI=1S/C17H20N4O/c1-11-6-7-16-15(9-11)17(20-10-19-16)18-8-4-5-14-12(2)21-22-13(14)3/h6-7,9-10H,4-5,8H2,1-3H3,(H,18,19,20). The van der Waals surface area contributed by atoms with Gasteiger partial charge in [0.05, 0.1) is 11.2 Å². The first-order valence-electron chi connectivity index (χ1n) is 7.52. The monoisotopic (exact) mass is 296 g/mol. The Labute approximate surface area is 129 Å². The fourth-order valence-electron chi connectivity index (χ4n) is 2.64.